The van der Waals surface area contributed by atoms with Gasteiger partial charge in [0.1, 0.15) is 0 Å². The van der Waals surface area contributed by atoms with Gasteiger partial charge in [-0.15, -0.1) is 0 Å². The van der Waals surface area contributed by atoms with Gasteiger partial charge in [-0.1, -0.05) is 22.0 Å². The van der Waals surface area contributed by atoms with Gasteiger partial charge in [0, 0.05) is 22.6 Å². The van der Waals surface area contributed by atoms with E-state index < -0.39 is 0 Å². The average molecular weight is 242 g/mol. The maximum Gasteiger partial charge on any atom is 0.0501 e. The lowest BCUT2D eigenvalue weighted by atomic mass is 9.92. The fraction of sp³-hybridized carbons (Fsp3) is 0.400. The van der Waals surface area contributed by atoms with Crippen LogP contribution in [0, 0.1) is 0 Å². The summed E-state index contributed by atoms with van der Waals surface area (Å²) in [6, 6.07) is 6.16. The highest BCUT2D eigenvalue weighted by Crippen LogP contribution is 2.32. The molecule has 0 spiro atoms. The third-order valence-electron chi connectivity index (χ3n) is 2.48. The maximum atomic E-state index is 9.17. The Hall–Kier alpha value is -0.540. The van der Waals surface area contributed by atoms with Gasteiger partial charge < -0.3 is 10.4 Å². The average Bonchev–Trinajstić information content (AvgIpc) is 2.16. The van der Waals surface area contributed by atoms with Crippen molar-refractivity contribution in [2.24, 2.45) is 0 Å². The Labute approximate surface area is 86.1 Å². The van der Waals surface area contributed by atoms with Gasteiger partial charge in [-0.2, -0.15) is 0 Å². The number of anilines is 1. The minimum Gasteiger partial charge on any atom is -0.396 e. The second-order valence-electron chi connectivity index (χ2n) is 3.33. The third-order valence-corrected chi connectivity index (χ3v) is 2.98. The van der Waals surface area contributed by atoms with Crippen LogP contribution in [0.15, 0.2) is 22.7 Å². The van der Waals surface area contributed by atoms with Crippen LogP contribution < -0.4 is 5.32 Å². The number of aliphatic hydroxyl groups excluding tert-OH is 1. The summed E-state index contributed by atoms with van der Waals surface area (Å²) in [5, 5.41) is 12.5. The second kappa shape index (κ2) is 3.68. The molecule has 1 heterocycles. The smallest absolute Gasteiger partial charge is 0.0501 e. The van der Waals surface area contributed by atoms with Crippen molar-refractivity contribution in [2.45, 2.75) is 12.3 Å². The molecule has 13 heavy (non-hydrogen) atoms. The van der Waals surface area contributed by atoms with E-state index in [2.05, 4.69) is 33.4 Å². The summed E-state index contributed by atoms with van der Waals surface area (Å²) in [6.07, 6.45) is 1.02. The van der Waals surface area contributed by atoms with Crippen molar-refractivity contribution in [3.05, 3.63) is 28.2 Å². The molecule has 1 atom stereocenters. The molecule has 0 saturated heterocycles. The summed E-state index contributed by atoms with van der Waals surface area (Å²) in [5.74, 6) is 0.310. The van der Waals surface area contributed by atoms with Gasteiger partial charge in [-0.3, -0.25) is 0 Å². The van der Waals surface area contributed by atoms with Crippen molar-refractivity contribution in [1.82, 2.24) is 0 Å². The van der Waals surface area contributed by atoms with Crippen LogP contribution in [0.5, 0.6) is 0 Å². The molecule has 3 heteroatoms. The highest BCUT2D eigenvalue weighted by atomic mass is 79.9. The first-order valence-electron chi connectivity index (χ1n) is 4.45. The van der Waals surface area contributed by atoms with Crippen LogP contribution in [-0.4, -0.2) is 18.3 Å². The molecular formula is C10H12BrNO. The van der Waals surface area contributed by atoms with Crippen LogP contribution in [0.3, 0.4) is 0 Å². The summed E-state index contributed by atoms with van der Waals surface area (Å²) >= 11 is 3.43. The number of hydrogen-bond acceptors (Lipinski definition) is 2. The SMILES string of the molecule is OCC1CCNc2cc(Br)ccc21. The van der Waals surface area contributed by atoms with Gasteiger partial charge in [0.05, 0.1) is 6.61 Å². The van der Waals surface area contributed by atoms with Gasteiger partial charge in [0.25, 0.3) is 0 Å². The molecule has 1 aromatic carbocycles. The number of rotatable bonds is 1. The van der Waals surface area contributed by atoms with Gasteiger partial charge in [-0.25, -0.2) is 0 Å². The number of hydrogen-bond donors (Lipinski definition) is 2. The van der Waals surface area contributed by atoms with E-state index in [0.29, 0.717) is 5.92 Å². The molecule has 0 saturated carbocycles. The van der Waals surface area contributed by atoms with Gasteiger partial charge in [0.15, 0.2) is 0 Å². The Kier molecular flexibility index (Phi) is 2.56. The predicted octanol–water partition coefficient (Wildman–Crippen LogP) is 2.34. The van der Waals surface area contributed by atoms with Crippen LogP contribution in [-0.2, 0) is 0 Å². The van der Waals surface area contributed by atoms with Crippen LogP contribution in [0.4, 0.5) is 5.69 Å². The van der Waals surface area contributed by atoms with Crippen LogP contribution in [0.2, 0.25) is 0 Å². The monoisotopic (exact) mass is 241 g/mol. The molecular weight excluding hydrogens is 230 g/mol. The molecule has 2 rings (SSSR count). The molecule has 70 valence electrons. The number of benzene rings is 1. The van der Waals surface area contributed by atoms with Crippen molar-refractivity contribution in [2.75, 3.05) is 18.5 Å². The molecule has 0 bridgehead atoms. The molecule has 0 amide bonds. The normalized spacial score (nSPS) is 20.6. The van der Waals surface area contributed by atoms with E-state index in [-0.39, 0.29) is 6.61 Å². The fourth-order valence-electron chi connectivity index (χ4n) is 1.76. The number of aliphatic hydroxyl groups is 1. The maximum absolute atomic E-state index is 9.17. The second-order valence-corrected chi connectivity index (χ2v) is 4.24. The highest BCUT2D eigenvalue weighted by Gasteiger charge is 2.18. The minimum absolute atomic E-state index is 0.246. The van der Waals surface area contributed by atoms with Crippen molar-refractivity contribution in [3.63, 3.8) is 0 Å². The van der Waals surface area contributed by atoms with E-state index in [1.54, 1.807) is 0 Å². The summed E-state index contributed by atoms with van der Waals surface area (Å²) in [7, 11) is 0. The first-order chi connectivity index (χ1) is 6.31. The predicted molar refractivity (Wildman–Crippen MR) is 57.1 cm³/mol. The van der Waals surface area contributed by atoms with Gasteiger partial charge >= 0.3 is 0 Å². The molecule has 2 N–H and O–H groups in total. The Bertz CT molecular complexity index is 314. The lowest BCUT2D eigenvalue weighted by Gasteiger charge is -2.25. The standard InChI is InChI=1S/C10H12BrNO/c11-8-1-2-9-7(6-13)3-4-12-10(9)5-8/h1-2,5,7,12-13H,3-4,6H2. The third kappa shape index (κ3) is 1.71. The summed E-state index contributed by atoms with van der Waals surface area (Å²) in [6.45, 7) is 1.20. The van der Waals surface area contributed by atoms with Crippen LogP contribution in [0.1, 0.15) is 17.9 Å². The molecule has 0 aliphatic carbocycles. The van der Waals surface area contributed by atoms with Crippen molar-refractivity contribution >= 4 is 21.6 Å². The number of nitrogens with one attached hydrogen (secondary N) is 1. The minimum atomic E-state index is 0.246. The van der Waals surface area contributed by atoms with Crippen molar-refractivity contribution in [3.8, 4) is 0 Å². The fourth-order valence-corrected chi connectivity index (χ4v) is 2.12. The van der Waals surface area contributed by atoms with E-state index >= 15 is 0 Å². The zero-order valence-electron chi connectivity index (χ0n) is 7.26. The molecule has 0 fully saturated rings. The van der Waals surface area contributed by atoms with Crippen molar-refractivity contribution < 1.29 is 5.11 Å². The first-order valence-corrected chi connectivity index (χ1v) is 5.24. The number of fused-ring (bicyclic) bond motifs is 1. The largest absolute Gasteiger partial charge is 0.396 e. The molecule has 1 unspecified atom stereocenters. The molecule has 1 aliphatic rings. The summed E-state index contributed by atoms with van der Waals surface area (Å²) in [4.78, 5) is 0. The van der Waals surface area contributed by atoms with E-state index in [9.17, 15) is 0 Å². The topological polar surface area (TPSA) is 32.3 Å². The first kappa shape index (κ1) is 9.03. The van der Waals surface area contributed by atoms with Gasteiger partial charge in [0.2, 0.25) is 0 Å². The lowest BCUT2D eigenvalue weighted by molar-refractivity contribution is 0.259. The van der Waals surface area contributed by atoms with E-state index in [4.69, 9.17) is 5.11 Å². The van der Waals surface area contributed by atoms with E-state index in [1.165, 1.54) is 5.56 Å². The Balaban J connectivity index is 2.40. The molecule has 2 nitrogen and oxygen atoms in total. The zero-order chi connectivity index (χ0) is 9.26. The Morgan fingerprint density at radius 1 is 1.54 bits per heavy atom. The highest BCUT2D eigenvalue weighted by molar-refractivity contribution is 9.10. The zero-order valence-corrected chi connectivity index (χ0v) is 8.84. The van der Waals surface area contributed by atoms with Gasteiger partial charge in [-0.05, 0) is 24.1 Å². The number of halogens is 1. The van der Waals surface area contributed by atoms with Crippen LogP contribution in [0.25, 0.3) is 0 Å². The molecule has 1 aromatic rings. The van der Waals surface area contributed by atoms with E-state index in [1.807, 2.05) is 6.07 Å². The molecule has 0 aromatic heterocycles. The van der Waals surface area contributed by atoms with Crippen LogP contribution >= 0.6 is 15.9 Å². The molecule has 1 aliphatic heterocycles. The van der Waals surface area contributed by atoms with Crippen molar-refractivity contribution in [1.29, 1.82) is 0 Å². The lowest BCUT2D eigenvalue weighted by Crippen LogP contribution is -2.18. The Morgan fingerprint density at radius 3 is 3.15 bits per heavy atom. The molecule has 0 radical (unpaired) electrons. The van der Waals surface area contributed by atoms with E-state index in [0.717, 1.165) is 23.1 Å². The summed E-state index contributed by atoms with van der Waals surface area (Å²) in [5.41, 5.74) is 2.39. The Morgan fingerprint density at radius 2 is 2.38 bits per heavy atom. The summed E-state index contributed by atoms with van der Waals surface area (Å²) < 4.78 is 1.08. The quantitative estimate of drug-likeness (QED) is 0.792.